The Kier molecular flexibility index (Phi) is 5.34. The third-order valence-corrected chi connectivity index (χ3v) is 3.78. The van der Waals surface area contributed by atoms with E-state index in [-0.39, 0.29) is 25.1 Å². The van der Waals surface area contributed by atoms with Crippen LogP contribution in [0.25, 0.3) is 5.57 Å². The third-order valence-electron chi connectivity index (χ3n) is 3.78. The van der Waals surface area contributed by atoms with Crippen LogP contribution in [0, 0.1) is 0 Å². The molecule has 1 aromatic rings. The second-order valence-corrected chi connectivity index (χ2v) is 6.97. The Labute approximate surface area is 149 Å². The van der Waals surface area contributed by atoms with E-state index in [1.165, 1.54) is 11.0 Å². The molecule has 0 unspecified atom stereocenters. The Morgan fingerprint density at radius 1 is 1.19 bits per heavy atom. The molecule has 0 saturated heterocycles. The van der Waals surface area contributed by atoms with E-state index in [9.17, 15) is 22.8 Å². The Morgan fingerprint density at radius 3 is 2.31 bits per heavy atom. The fourth-order valence-electron chi connectivity index (χ4n) is 2.60. The van der Waals surface area contributed by atoms with Gasteiger partial charge in [-0.05, 0) is 50.5 Å². The van der Waals surface area contributed by atoms with Crippen molar-refractivity contribution in [2.45, 2.75) is 39.0 Å². The van der Waals surface area contributed by atoms with Gasteiger partial charge in [-0.1, -0.05) is 12.1 Å². The molecule has 0 atom stereocenters. The van der Waals surface area contributed by atoms with Crippen molar-refractivity contribution in [1.82, 2.24) is 4.90 Å². The molecular formula is C18H20F3NO4. The highest BCUT2D eigenvalue weighted by atomic mass is 19.4. The molecule has 0 aromatic heterocycles. The van der Waals surface area contributed by atoms with Crippen LogP contribution in [0.1, 0.15) is 48.7 Å². The maximum absolute atomic E-state index is 13.3. The summed E-state index contributed by atoms with van der Waals surface area (Å²) < 4.78 is 45.2. The van der Waals surface area contributed by atoms with E-state index < -0.39 is 35.0 Å². The van der Waals surface area contributed by atoms with E-state index >= 15 is 0 Å². The van der Waals surface area contributed by atoms with E-state index in [0.29, 0.717) is 11.6 Å². The molecule has 8 heteroatoms. The minimum absolute atomic E-state index is 0.0636. The van der Waals surface area contributed by atoms with Gasteiger partial charge in [0.25, 0.3) is 0 Å². The van der Waals surface area contributed by atoms with Gasteiger partial charge < -0.3 is 14.7 Å². The predicted octanol–water partition coefficient (Wildman–Crippen LogP) is 4.43. The van der Waals surface area contributed by atoms with E-state index in [4.69, 9.17) is 9.84 Å². The first-order chi connectivity index (χ1) is 11.9. The molecule has 5 nitrogen and oxygen atoms in total. The molecule has 1 N–H and O–H groups in total. The number of halogens is 3. The number of carbonyl (C=O) groups excluding carboxylic acids is 1. The highest BCUT2D eigenvalue weighted by molar-refractivity contribution is 5.89. The summed E-state index contributed by atoms with van der Waals surface area (Å²) in [7, 11) is 0. The lowest BCUT2D eigenvalue weighted by atomic mass is 9.93. The summed E-state index contributed by atoms with van der Waals surface area (Å²) in [6.07, 6.45) is -3.44. The zero-order chi connectivity index (χ0) is 19.7. The van der Waals surface area contributed by atoms with E-state index in [1.807, 2.05) is 0 Å². The van der Waals surface area contributed by atoms with Crippen LogP contribution in [0.15, 0.2) is 24.3 Å². The van der Waals surface area contributed by atoms with E-state index in [0.717, 1.165) is 6.07 Å². The lowest BCUT2D eigenvalue weighted by molar-refractivity contribution is -0.137. The van der Waals surface area contributed by atoms with Crippen LogP contribution in [-0.2, 0) is 10.9 Å². The summed E-state index contributed by atoms with van der Waals surface area (Å²) in [5, 5.41) is 8.92. The fourth-order valence-corrected chi connectivity index (χ4v) is 2.60. The van der Waals surface area contributed by atoms with Gasteiger partial charge in [0.15, 0.2) is 0 Å². The highest BCUT2D eigenvalue weighted by Crippen LogP contribution is 2.37. The van der Waals surface area contributed by atoms with Crippen molar-refractivity contribution >= 4 is 17.6 Å². The van der Waals surface area contributed by atoms with Crippen molar-refractivity contribution in [2.24, 2.45) is 0 Å². The predicted molar refractivity (Wildman–Crippen MR) is 88.8 cm³/mol. The summed E-state index contributed by atoms with van der Waals surface area (Å²) in [6, 6.07) is 2.95. The molecular weight excluding hydrogens is 351 g/mol. The number of alkyl halides is 3. The van der Waals surface area contributed by atoms with Gasteiger partial charge in [0.05, 0.1) is 11.1 Å². The summed E-state index contributed by atoms with van der Waals surface area (Å²) >= 11 is 0. The molecule has 1 aromatic carbocycles. The van der Waals surface area contributed by atoms with Gasteiger partial charge in [-0.15, -0.1) is 0 Å². The smallest absolute Gasteiger partial charge is 0.417 e. The Hall–Kier alpha value is -2.51. The number of carbonyl (C=O) groups is 2. The zero-order valence-electron chi connectivity index (χ0n) is 14.7. The maximum atomic E-state index is 13.3. The van der Waals surface area contributed by atoms with Crippen molar-refractivity contribution < 1.29 is 32.6 Å². The van der Waals surface area contributed by atoms with E-state index in [1.54, 1.807) is 26.8 Å². The number of hydrogen-bond donors (Lipinski definition) is 1. The van der Waals surface area contributed by atoms with Gasteiger partial charge in [0, 0.05) is 13.1 Å². The van der Waals surface area contributed by atoms with Crippen LogP contribution in [-0.4, -0.2) is 40.8 Å². The monoisotopic (exact) mass is 371 g/mol. The number of ether oxygens (including phenoxy) is 1. The Bertz CT molecular complexity index is 748. The van der Waals surface area contributed by atoms with Gasteiger partial charge >= 0.3 is 18.2 Å². The average molecular weight is 371 g/mol. The molecule has 1 aliphatic heterocycles. The standard InChI is InChI=1S/C18H20F3NO4/c1-17(2,3)26-16(25)22-8-6-11(7-9-22)13-5-4-12(15(23)24)10-14(13)18(19,20)21/h4-6,10H,7-9H2,1-3H3,(H,23,24). The molecule has 1 heterocycles. The van der Waals surface area contributed by atoms with Crippen molar-refractivity contribution in [3.8, 4) is 0 Å². The number of carboxylic acid groups (broad SMARTS) is 1. The first-order valence-corrected chi connectivity index (χ1v) is 8.00. The number of carboxylic acids is 1. The van der Waals surface area contributed by atoms with Crippen molar-refractivity contribution in [1.29, 1.82) is 0 Å². The van der Waals surface area contributed by atoms with Gasteiger partial charge in [-0.2, -0.15) is 13.2 Å². The molecule has 0 spiro atoms. The lowest BCUT2D eigenvalue weighted by Crippen LogP contribution is -2.39. The normalized spacial score (nSPS) is 15.5. The van der Waals surface area contributed by atoms with Crippen LogP contribution < -0.4 is 0 Å². The van der Waals surface area contributed by atoms with Crippen LogP contribution in [0.3, 0.4) is 0 Å². The van der Waals surface area contributed by atoms with Crippen LogP contribution >= 0.6 is 0 Å². The number of amides is 1. The van der Waals surface area contributed by atoms with Crippen molar-refractivity contribution in [2.75, 3.05) is 13.1 Å². The quantitative estimate of drug-likeness (QED) is 0.835. The molecule has 0 aliphatic carbocycles. The summed E-state index contributed by atoms with van der Waals surface area (Å²) in [4.78, 5) is 24.4. The minimum Gasteiger partial charge on any atom is -0.478 e. The lowest BCUT2D eigenvalue weighted by Gasteiger charge is -2.30. The molecule has 1 aliphatic rings. The summed E-state index contributed by atoms with van der Waals surface area (Å²) in [5.74, 6) is -1.42. The number of hydrogen-bond acceptors (Lipinski definition) is 3. The maximum Gasteiger partial charge on any atom is 0.417 e. The first-order valence-electron chi connectivity index (χ1n) is 8.00. The molecule has 1 amide bonds. The second kappa shape index (κ2) is 7.01. The highest BCUT2D eigenvalue weighted by Gasteiger charge is 2.35. The molecule has 0 fully saturated rings. The Balaban J connectivity index is 2.27. The van der Waals surface area contributed by atoms with Crippen molar-refractivity contribution in [3.63, 3.8) is 0 Å². The summed E-state index contributed by atoms with van der Waals surface area (Å²) in [6.45, 7) is 5.54. The third kappa shape index (κ3) is 4.77. The minimum atomic E-state index is -4.68. The number of aromatic carboxylic acids is 1. The zero-order valence-corrected chi connectivity index (χ0v) is 14.7. The van der Waals surface area contributed by atoms with Gasteiger partial charge in [0.2, 0.25) is 0 Å². The molecule has 142 valence electrons. The fraction of sp³-hybridized carbons (Fsp3) is 0.444. The average Bonchev–Trinajstić information content (AvgIpc) is 2.52. The van der Waals surface area contributed by atoms with Gasteiger partial charge in [-0.25, -0.2) is 9.59 Å². The summed E-state index contributed by atoms with van der Waals surface area (Å²) in [5.41, 5.74) is -1.71. The molecule has 26 heavy (non-hydrogen) atoms. The molecule has 0 radical (unpaired) electrons. The van der Waals surface area contributed by atoms with Crippen LogP contribution in [0.5, 0.6) is 0 Å². The van der Waals surface area contributed by atoms with Crippen molar-refractivity contribution in [3.05, 3.63) is 41.0 Å². The SMILES string of the molecule is CC(C)(C)OC(=O)N1CC=C(c2ccc(C(=O)O)cc2C(F)(F)F)CC1. The van der Waals surface area contributed by atoms with Gasteiger partial charge in [0.1, 0.15) is 5.60 Å². The number of rotatable bonds is 2. The van der Waals surface area contributed by atoms with Crippen LogP contribution in [0.2, 0.25) is 0 Å². The first kappa shape index (κ1) is 19.8. The van der Waals surface area contributed by atoms with Gasteiger partial charge in [-0.3, -0.25) is 0 Å². The number of benzene rings is 1. The number of nitrogens with zero attached hydrogens (tertiary/aromatic N) is 1. The van der Waals surface area contributed by atoms with E-state index in [2.05, 4.69) is 0 Å². The Morgan fingerprint density at radius 2 is 1.85 bits per heavy atom. The topological polar surface area (TPSA) is 66.8 Å². The largest absolute Gasteiger partial charge is 0.478 e. The second-order valence-electron chi connectivity index (χ2n) is 6.97. The molecule has 2 rings (SSSR count). The molecule has 0 bridgehead atoms. The molecule has 0 saturated carbocycles. The van der Waals surface area contributed by atoms with Crippen LogP contribution in [0.4, 0.5) is 18.0 Å².